The van der Waals surface area contributed by atoms with E-state index in [1.807, 2.05) is 64.1 Å². The predicted octanol–water partition coefficient (Wildman–Crippen LogP) is 9.11. The van der Waals surface area contributed by atoms with Gasteiger partial charge in [0, 0.05) is 38.0 Å². The van der Waals surface area contributed by atoms with Crippen molar-refractivity contribution in [1.29, 1.82) is 0 Å². The van der Waals surface area contributed by atoms with Gasteiger partial charge >= 0.3 is 0 Å². The number of hydrogen-bond acceptors (Lipinski definition) is 10. The van der Waals surface area contributed by atoms with Crippen LogP contribution in [0.3, 0.4) is 0 Å². The number of aliphatic hydroxyl groups excluding tert-OH is 1. The van der Waals surface area contributed by atoms with Crippen LogP contribution in [-0.4, -0.2) is 112 Å². The van der Waals surface area contributed by atoms with Gasteiger partial charge in [-0.2, -0.15) is 0 Å². The van der Waals surface area contributed by atoms with E-state index in [2.05, 4.69) is 66.5 Å². The smallest absolute Gasteiger partial charge is 0.251 e. The number of amides is 1. The van der Waals surface area contributed by atoms with Crippen molar-refractivity contribution in [3.8, 4) is 0 Å². The maximum atomic E-state index is 16.1. The molecule has 350 valence electrons. The van der Waals surface area contributed by atoms with E-state index < -0.39 is 69.5 Å². The number of ether oxygens (including phenoxy) is 8. The summed E-state index contributed by atoms with van der Waals surface area (Å²) in [7, 11) is -1.27. The van der Waals surface area contributed by atoms with Crippen molar-refractivity contribution in [2.45, 2.75) is 200 Å². The Hall–Kier alpha value is -2.04. The lowest BCUT2D eigenvalue weighted by Gasteiger charge is -2.51. The quantitative estimate of drug-likeness (QED) is 0.168. The van der Waals surface area contributed by atoms with E-state index in [1.54, 1.807) is 6.07 Å². The summed E-state index contributed by atoms with van der Waals surface area (Å²) >= 11 is 0. The maximum absolute atomic E-state index is 16.1. The topological polar surface area (TPSA) is 123 Å². The SMILES string of the molecule is CCC1OC(O[C@@H]2C(CC)O[C@@H](OCC[Si](C)(C)C)C(C)C2C)C(C)C(O[C@@H]2OC(CC)[C@@H](O)C(O[C@@H]3OC(C)[C@@H](C)C(C)C3F)C2NC(=O)c2ccc3ccccc3c2)[C@H]1C. The average Bonchev–Trinajstić information content (AvgIpc) is 3.24. The number of benzene rings is 2. The van der Waals surface area contributed by atoms with Crippen molar-refractivity contribution in [2.75, 3.05) is 6.61 Å². The summed E-state index contributed by atoms with van der Waals surface area (Å²) in [5.74, 6) is -0.972. The maximum Gasteiger partial charge on any atom is 0.251 e. The standard InChI is InChI=1S/C49H78FNO10Si/c1-14-36-30(8)42(31(9)47(56-36)60-43-28(6)29(7)46(58-38(43)16-3)54-23-24-62(11,12)13)59-49-40(51-45(53)35-22-21-33-19-17-18-20-34(33)25-35)44(41(52)37(15-2)57-49)61-48-39(50)27(5)26(4)32(10)55-48/h17-22,25-32,36-44,46-49,52H,14-16,23-24H2,1-13H3,(H,51,53)/t26-,27?,28?,29?,30-,31?,32?,36?,37?,38?,39?,40?,41+,42?,43-,44?,46+,47?,48-,49-/m0/s1. The van der Waals surface area contributed by atoms with Crippen molar-refractivity contribution in [3.63, 3.8) is 0 Å². The van der Waals surface area contributed by atoms with Crippen molar-refractivity contribution < 1.29 is 52.2 Å². The van der Waals surface area contributed by atoms with Crippen LogP contribution in [0.15, 0.2) is 42.5 Å². The van der Waals surface area contributed by atoms with Gasteiger partial charge in [0.1, 0.15) is 18.2 Å². The molecule has 4 heterocycles. The molecule has 13 heteroatoms. The summed E-state index contributed by atoms with van der Waals surface area (Å²) in [5.41, 5.74) is 0.418. The predicted molar refractivity (Wildman–Crippen MR) is 241 cm³/mol. The zero-order valence-corrected chi connectivity index (χ0v) is 40.6. The van der Waals surface area contributed by atoms with E-state index in [-0.39, 0.29) is 66.2 Å². The first kappa shape index (κ1) is 49.4. The Morgan fingerprint density at radius 3 is 1.94 bits per heavy atom. The van der Waals surface area contributed by atoms with Gasteiger partial charge in [0.05, 0.1) is 36.6 Å². The molecule has 62 heavy (non-hydrogen) atoms. The second-order valence-electron chi connectivity index (χ2n) is 20.2. The van der Waals surface area contributed by atoms with E-state index in [9.17, 15) is 9.90 Å². The minimum atomic E-state index is -1.46. The van der Waals surface area contributed by atoms with Gasteiger partial charge in [-0.1, -0.05) is 112 Å². The lowest BCUT2D eigenvalue weighted by molar-refractivity contribution is -0.356. The molecule has 11 nitrogen and oxygen atoms in total. The number of halogens is 1. The lowest BCUT2D eigenvalue weighted by Crippen LogP contribution is -2.67. The largest absolute Gasteiger partial charge is 0.388 e. The van der Waals surface area contributed by atoms with Gasteiger partial charge < -0.3 is 48.3 Å². The number of aliphatic hydroxyl groups is 1. The van der Waals surface area contributed by atoms with Gasteiger partial charge in [0.25, 0.3) is 5.91 Å². The first-order valence-electron chi connectivity index (χ1n) is 23.7. The molecule has 0 radical (unpaired) electrons. The molecular formula is C49H78FNO10Si. The Balaban J connectivity index is 1.28. The van der Waals surface area contributed by atoms with E-state index in [4.69, 9.17) is 37.9 Å². The van der Waals surface area contributed by atoms with Crippen LogP contribution in [0.5, 0.6) is 0 Å². The molecule has 2 N–H and O–H groups in total. The van der Waals surface area contributed by atoms with Crippen LogP contribution in [0.25, 0.3) is 10.8 Å². The Morgan fingerprint density at radius 1 is 0.661 bits per heavy atom. The van der Waals surface area contributed by atoms with Gasteiger partial charge in [0.15, 0.2) is 31.3 Å². The third-order valence-corrected chi connectivity index (χ3v) is 16.4. The van der Waals surface area contributed by atoms with Gasteiger partial charge in [-0.25, -0.2) is 4.39 Å². The third kappa shape index (κ3) is 11.0. The minimum absolute atomic E-state index is 0.0426. The normalized spacial score (nSPS) is 41.9. The molecule has 2 aromatic rings. The molecule has 4 aliphatic rings. The summed E-state index contributed by atoms with van der Waals surface area (Å²) in [6, 6.07) is 13.3. The molecule has 4 fully saturated rings. The zero-order valence-electron chi connectivity index (χ0n) is 39.6. The van der Waals surface area contributed by atoms with Crippen LogP contribution < -0.4 is 5.32 Å². The van der Waals surface area contributed by atoms with E-state index >= 15 is 4.39 Å². The molecule has 0 aliphatic carbocycles. The summed E-state index contributed by atoms with van der Waals surface area (Å²) in [4.78, 5) is 14.3. The fraction of sp³-hybridized carbons (Fsp3) is 0.776. The number of rotatable bonds is 15. The highest BCUT2D eigenvalue weighted by atomic mass is 28.3. The molecule has 2 aromatic carbocycles. The van der Waals surface area contributed by atoms with Gasteiger partial charge in [-0.3, -0.25) is 4.79 Å². The number of fused-ring (bicyclic) bond motifs is 1. The second kappa shape index (κ2) is 21.1. The molecule has 6 rings (SSSR count). The molecule has 4 saturated heterocycles. The first-order chi connectivity index (χ1) is 29.4. The highest BCUT2D eigenvalue weighted by Gasteiger charge is 2.54. The van der Waals surface area contributed by atoms with Crippen molar-refractivity contribution in [1.82, 2.24) is 5.32 Å². The summed E-state index contributed by atoms with van der Waals surface area (Å²) < 4.78 is 69.4. The Labute approximate surface area is 371 Å². The molecule has 1 amide bonds. The van der Waals surface area contributed by atoms with Crippen molar-refractivity contribution >= 4 is 24.8 Å². The Morgan fingerprint density at radius 2 is 1.27 bits per heavy atom. The highest BCUT2D eigenvalue weighted by Crippen LogP contribution is 2.42. The number of carbonyl (C=O) groups is 1. The van der Waals surface area contributed by atoms with Crippen LogP contribution >= 0.6 is 0 Å². The molecule has 0 bridgehead atoms. The molecule has 13 unspecified atom stereocenters. The van der Waals surface area contributed by atoms with Gasteiger partial charge in [-0.05, 0) is 72.9 Å². The van der Waals surface area contributed by atoms with Crippen LogP contribution in [0, 0.1) is 35.5 Å². The fourth-order valence-electron chi connectivity index (χ4n) is 9.81. The second-order valence-corrected chi connectivity index (χ2v) is 25.8. The minimum Gasteiger partial charge on any atom is -0.388 e. The van der Waals surface area contributed by atoms with Crippen LogP contribution in [-0.2, 0) is 37.9 Å². The van der Waals surface area contributed by atoms with Crippen LogP contribution in [0.4, 0.5) is 4.39 Å². The molecule has 0 spiro atoms. The number of nitrogens with one attached hydrogen (secondary N) is 1. The summed E-state index contributed by atoms with van der Waals surface area (Å²) in [6.07, 6.45) is -7.37. The van der Waals surface area contributed by atoms with Crippen LogP contribution in [0.1, 0.15) is 98.9 Å². The highest BCUT2D eigenvalue weighted by molar-refractivity contribution is 6.76. The monoisotopic (exact) mass is 888 g/mol. The van der Waals surface area contributed by atoms with Crippen LogP contribution in [0.2, 0.25) is 25.7 Å². The van der Waals surface area contributed by atoms with Crippen molar-refractivity contribution in [3.05, 3.63) is 48.0 Å². The fourth-order valence-corrected chi connectivity index (χ4v) is 10.5. The summed E-state index contributed by atoms with van der Waals surface area (Å²) in [6.45, 7) is 28.2. The lowest BCUT2D eigenvalue weighted by atomic mass is 9.82. The molecule has 4 aliphatic heterocycles. The Kier molecular flexibility index (Phi) is 16.8. The summed E-state index contributed by atoms with van der Waals surface area (Å²) in [5, 5.41) is 17.0. The average molecular weight is 888 g/mol. The van der Waals surface area contributed by atoms with Gasteiger partial charge in [0.2, 0.25) is 0 Å². The molecule has 20 atom stereocenters. The van der Waals surface area contributed by atoms with Gasteiger partial charge in [-0.15, -0.1) is 0 Å². The number of carbonyl (C=O) groups excluding carboxylic acids is 1. The Bertz CT molecular complexity index is 1750. The zero-order chi connectivity index (χ0) is 45.2. The van der Waals surface area contributed by atoms with E-state index in [1.165, 1.54) is 0 Å². The molecular weight excluding hydrogens is 810 g/mol. The van der Waals surface area contributed by atoms with E-state index in [0.717, 1.165) is 23.2 Å². The third-order valence-electron chi connectivity index (χ3n) is 14.7. The number of hydrogen-bond donors (Lipinski definition) is 2. The molecule has 0 saturated carbocycles. The van der Waals surface area contributed by atoms with E-state index in [0.29, 0.717) is 25.0 Å². The molecule has 0 aromatic heterocycles. The first-order valence-corrected chi connectivity index (χ1v) is 27.4. The van der Waals surface area contributed by atoms with Crippen molar-refractivity contribution in [2.24, 2.45) is 35.5 Å². The number of alkyl halides is 1.